The maximum absolute atomic E-state index is 4.77. The molecule has 1 aromatic carbocycles. The van der Waals surface area contributed by atoms with Crippen molar-refractivity contribution in [3.8, 4) is 21.8 Å². The van der Waals surface area contributed by atoms with Gasteiger partial charge in [-0.1, -0.05) is 28.1 Å². The number of benzene rings is 1. The molecule has 0 aliphatic carbocycles. The summed E-state index contributed by atoms with van der Waals surface area (Å²) in [6.45, 7) is 2.13. The first kappa shape index (κ1) is 12.1. The smallest absolute Gasteiger partial charge is 0.125 e. The Bertz CT molecular complexity index is 671. The summed E-state index contributed by atoms with van der Waals surface area (Å²) >= 11 is 6.97. The number of hydrogen-bond acceptors (Lipinski definition) is 3. The average molecular weight is 336 g/mol. The highest BCUT2D eigenvalue weighted by atomic mass is 79.9. The number of rotatable bonds is 2. The summed E-state index contributed by atoms with van der Waals surface area (Å²) in [5.41, 5.74) is 3.47. The van der Waals surface area contributed by atoms with E-state index in [1.165, 1.54) is 16.0 Å². The molecular formula is C14H10BrNS2. The average Bonchev–Trinajstić information content (AvgIpc) is 2.97. The van der Waals surface area contributed by atoms with Gasteiger partial charge in [-0.25, -0.2) is 4.98 Å². The van der Waals surface area contributed by atoms with Gasteiger partial charge < -0.3 is 0 Å². The highest BCUT2D eigenvalue weighted by Crippen LogP contribution is 2.34. The van der Waals surface area contributed by atoms with Gasteiger partial charge in [0.25, 0.3) is 0 Å². The van der Waals surface area contributed by atoms with Gasteiger partial charge in [0.05, 0.1) is 5.69 Å². The van der Waals surface area contributed by atoms with E-state index >= 15 is 0 Å². The van der Waals surface area contributed by atoms with Crippen LogP contribution >= 0.6 is 38.6 Å². The van der Waals surface area contributed by atoms with Gasteiger partial charge >= 0.3 is 0 Å². The first-order valence-corrected chi connectivity index (χ1v) is 8.05. The van der Waals surface area contributed by atoms with Crippen molar-refractivity contribution in [1.82, 2.24) is 4.98 Å². The summed E-state index contributed by atoms with van der Waals surface area (Å²) < 4.78 is 1.09. The SMILES string of the molecule is Cc1sc(-c2ccsc2)nc1-c1cccc(Br)c1. The van der Waals surface area contributed by atoms with Crippen molar-refractivity contribution in [2.45, 2.75) is 6.92 Å². The van der Waals surface area contributed by atoms with Crippen LogP contribution in [0.15, 0.2) is 45.6 Å². The highest BCUT2D eigenvalue weighted by molar-refractivity contribution is 9.10. The number of thiazole rings is 1. The molecule has 0 bridgehead atoms. The Labute approximate surface area is 122 Å². The molecule has 1 nitrogen and oxygen atoms in total. The molecule has 0 fully saturated rings. The molecule has 0 saturated heterocycles. The number of aryl methyl sites for hydroxylation is 1. The molecular weight excluding hydrogens is 326 g/mol. The minimum absolute atomic E-state index is 1.09. The standard InChI is InChI=1S/C14H10BrNS2/c1-9-13(10-3-2-4-12(15)7-10)16-14(18-9)11-5-6-17-8-11/h2-8H,1H3. The van der Waals surface area contributed by atoms with Crippen LogP contribution in [-0.4, -0.2) is 4.98 Å². The molecule has 0 N–H and O–H groups in total. The van der Waals surface area contributed by atoms with E-state index < -0.39 is 0 Å². The van der Waals surface area contributed by atoms with E-state index in [1.807, 2.05) is 12.1 Å². The first-order chi connectivity index (χ1) is 8.74. The molecule has 0 aliphatic rings. The zero-order chi connectivity index (χ0) is 12.5. The van der Waals surface area contributed by atoms with Crippen LogP contribution in [0.25, 0.3) is 21.8 Å². The molecule has 4 heteroatoms. The van der Waals surface area contributed by atoms with Gasteiger partial charge in [0, 0.05) is 25.9 Å². The second kappa shape index (κ2) is 4.96. The Morgan fingerprint density at radius 3 is 2.78 bits per heavy atom. The molecule has 0 spiro atoms. The third kappa shape index (κ3) is 2.28. The fraction of sp³-hybridized carbons (Fsp3) is 0.0714. The molecule has 0 atom stereocenters. The molecule has 90 valence electrons. The van der Waals surface area contributed by atoms with Crippen LogP contribution < -0.4 is 0 Å². The lowest BCUT2D eigenvalue weighted by molar-refractivity contribution is 1.37. The van der Waals surface area contributed by atoms with E-state index in [0.29, 0.717) is 0 Å². The fourth-order valence-electron chi connectivity index (χ4n) is 1.81. The van der Waals surface area contributed by atoms with Gasteiger partial charge in [-0.05, 0) is 30.5 Å². The van der Waals surface area contributed by atoms with E-state index in [0.717, 1.165) is 15.2 Å². The molecule has 3 rings (SSSR count). The maximum Gasteiger partial charge on any atom is 0.125 e. The molecule has 0 unspecified atom stereocenters. The van der Waals surface area contributed by atoms with Crippen LogP contribution in [0.2, 0.25) is 0 Å². The number of thiophene rings is 1. The van der Waals surface area contributed by atoms with E-state index in [1.54, 1.807) is 22.7 Å². The number of hydrogen-bond donors (Lipinski definition) is 0. The quantitative estimate of drug-likeness (QED) is 0.593. The van der Waals surface area contributed by atoms with Crippen LogP contribution in [0.3, 0.4) is 0 Å². The summed E-state index contributed by atoms with van der Waals surface area (Å²) in [5.74, 6) is 0. The predicted molar refractivity (Wildman–Crippen MR) is 83.3 cm³/mol. The molecule has 0 radical (unpaired) electrons. The highest BCUT2D eigenvalue weighted by Gasteiger charge is 2.11. The van der Waals surface area contributed by atoms with E-state index in [-0.39, 0.29) is 0 Å². The number of aromatic nitrogens is 1. The van der Waals surface area contributed by atoms with Crippen molar-refractivity contribution < 1.29 is 0 Å². The van der Waals surface area contributed by atoms with Gasteiger partial charge in [0.15, 0.2) is 0 Å². The predicted octanol–water partition coefficient (Wildman–Crippen LogP) is 5.61. The lowest BCUT2D eigenvalue weighted by Crippen LogP contribution is -1.80. The molecule has 2 heterocycles. The van der Waals surface area contributed by atoms with Crippen molar-refractivity contribution in [1.29, 1.82) is 0 Å². The largest absolute Gasteiger partial charge is 0.236 e. The molecule has 3 aromatic rings. The zero-order valence-electron chi connectivity index (χ0n) is 9.68. The van der Waals surface area contributed by atoms with Gasteiger partial charge in [-0.15, -0.1) is 11.3 Å². The van der Waals surface area contributed by atoms with E-state index in [2.05, 4.69) is 51.8 Å². The first-order valence-electron chi connectivity index (χ1n) is 5.50. The Kier molecular flexibility index (Phi) is 3.33. The second-order valence-corrected chi connectivity index (χ2v) is 6.85. The zero-order valence-corrected chi connectivity index (χ0v) is 12.9. The minimum Gasteiger partial charge on any atom is -0.236 e. The van der Waals surface area contributed by atoms with Crippen LogP contribution in [0, 0.1) is 6.92 Å². The Morgan fingerprint density at radius 2 is 2.06 bits per heavy atom. The molecule has 0 saturated carbocycles. The Hall–Kier alpha value is -0.970. The van der Waals surface area contributed by atoms with Crippen molar-refractivity contribution in [3.63, 3.8) is 0 Å². The summed E-state index contributed by atoms with van der Waals surface area (Å²) in [6, 6.07) is 10.4. The van der Waals surface area contributed by atoms with Crippen molar-refractivity contribution in [2.24, 2.45) is 0 Å². The molecule has 2 aromatic heterocycles. The third-order valence-corrected chi connectivity index (χ3v) is 4.86. The van der Waals surface area contributed by atoms with Gasteiger partial charge in [0.1, 0.15) is 5.01 Å². The maximum atomic E-state index is 4.77. The molecule has 0 amide bonds. The lowest BCUT2D eigenvalue weighted by Gasteiger charge is -1.98. The summed E-state index contributed by atoms with van der Waals surface area (Å²) in [6.07, 6.45) is 0. The normalized spacial score (nSPS) is 10.8. The molecule has 0 aliphatic heterocycles. The monoisotopic (exact) mass is 335 g/mol. The molecule has 18 heavy (non-hydrogen) atoms. The van der Waals surface area contributed by atoms with Gasteiger partial charge in [0.2, 0.25) is 0 Å². The van der Waals surface area contributed by atoms with Crippen LogP contribution in [0.1, 0.15) is 4.88 Å². The van der Waals surface area contributed by atoms with E-state index in [4.69, 9.17) is 4.98 Å². The summed E-state index contributed by atoms with van der Waals surface area (Å²) in [5, 5.41) is 5.33. The Morgan fingerprint density at radius 1 is 1.17 bits per heavy atom. The Balaban J connectivity index is 2.09. The van der Waals surface area contributed by atoms with Crippen LogP contribution in [0.4, 0.5) is 0 Å². The van der Waals surface area contributed by atoms with Gasteiger partial charge in [-0.2, -0.15) is 11.3 Å². The van der Waals surface area contributed by atoms with Crippen molar-refractivity contribution in [3.05, 3.63) is 50.4 Å². The lowest BCUT2D eigenvalue weighted by atomic mass is 10.1. The van der Waals surface area contributed by atoms with E-state index in [9.17, 15) is 0 Å². The number of halogens is 1. The second-order valence-electron chi connectivity index (χ2n) is 3.95. The number of nitrogens with zero attached hydrogens (tertiary/aromatic N) is 1. The topological polar surface area (TPSA) is 12.9 Å². The van der Waals surface area contributed by atoms with Crippen molar-refractivity contribution in [2.75, 3.05) is 0 Å². The fourth-order valence-corrected chi connectivity index (χ4v) is 3.86. The van der Waals surface area contributed by atoms with Crippen molar-refractivity contribution >= 4 is 38.6 Å². The van der Waals surface area contributed by atoms with Crippen LogP contribution in [-0.2, 0) is 0 Å². The van der Waals surface area contributed by atoms with Crippen LogP contribution in [0.5, 0.6) is 0 Å². The summed E-state index contributed by atoms with van der Waals surface area (Å²) in [7, 11) is 0. The third-order valence-electron chi connectivity index (χ3n) is 2.66. The summed E-state index contributed by atoms with van der Waals surface area (Å²) in [4.78, 5) is 6.03. The minimum atomic E-state index is 1.09. The van der Waals surface area contributed by atoms with Gasteiger partial charge in [-0.3, -0.25) is 0 Å².